The van der Waals surface area contributed by atoms with Crippen LogP contribution in [0.2, 0.25) is 0 Å². The van der Waals surface area contributed by atoms with Crippen LogP contribution in [0.15, 0.2) is 42.9 Å². The average molecular weight is 561 g/mol. The van der Waals surface area contributed by atoms with E-state index < -0.39 is 17.9 Å². The van der Waals surface area contributed by atoms with E-state index in [1.807, 2.05) is 15.8 Å². The van der Waals surface area contributed by atoms with Gasteiger partial charge in [0.15, 0.2) is 0 Å². The highest BCUT2D eigenvalue weighted by Gasteiger charge is 2.45. The van der Waals surface area contributed by atoms with Gasteiger partial charge in [-0.05, 0) is 63.5 Å². The molecule has 2 aromatic rings. The van der Waals surface area contributed by atoms with E-state index in [0.29, 0.717) is 49.4 Å². The van der Waals surface area contributed by atoms with Crippen molar-refractivity contribution in [2.75, 3.05) is 18.4 Å². The number of hydrogen-bond acceptors (Lipinski definition) is 7. The zero-order valence-corrected chi connectivity index (χ0v) is 23.1. The van der Waals surface area contributed by atoms with Gasteiger partial charge in [0.1, 0.15) is 12.1 Å². The van der Waals surface area contributed by atoms with E-state index in [9.17, 15) is 19.2 Å². The van der Waals surface area contributed by atoms with E-state index in [-0.39, 0.29) is 29.7 Å². The summed E-state index contributed by atoms with van der Waals surface area (Å²) in [5.41, 5.74) is 2.65. The number of benzene rings is 1. The van der Waals surface area contributed by atoms with Crippen LogP contribution in [0.4, 0.5) is 10.5 Å². The highest BCUT2D eigenvalue weighted by molar-refractivity contribution is 6.25. The fourth-order valence-electron chi connectivity index (χ4n) is 6.32. The number of carbonyl (C=O) groups excluding carboxylic acids is 4. The number of allylic oxidation sites excluding steroid dienone is 1. The van der Waals surface area contributed by atoms with Crippen molar-refractivity contribution in [2.45, 2.75) is 82.5 Å². The van der Waals surface area contributed by atoms with Crippen molar-refractivity contribution in [1.82, 2.24) is 24.9 Å². The van der Waals surface area contributed by atoms with E-state index in [2.05, 4.69) is 22.3 Å². The lowest BCUT2D eigenvalue weighted by atomic mass is 9.98. The summed E-state index contributed by atoms with van der Waals surface area (Å²) in [6, 6.07) is 4.46. The molecule has 1 aliphatic carbocycles. The second kappa shape index (κ2) is 11.4. The molecule has 4 amide bonds. The Balaban J connectivity index is 1.05. The van der Waals surface area contributed by atoms with Gasteiger partial charge in [0.2, 0.25) is 5.91 Å². The van der Waals surface area contributed by atoms with Crippen LogP contribution in [0, 0.1) is 0 Å². The highest BCUT2D eigenvalue weighted by atomic mass is 16.6. The fourth-order valence-corrected chi connectivity index (χ4v) is 6.32. The summed E-state index contributed by atoms with van der Waals surface area (Å²) in [7, 11) is 0. The molecule has 2 saturated heterocycles. The number of amides is 4. The lowest BCUT2D eigenvalue weighted by molar-refractivity contribution is -0.125. The Morgan fingerprint density at radius 3 is 2.59 bits per heavy atom. The maximum atomic E-state index is 13.4. The van der Waals surface area contributed by atoms with Crippen LogP contribution >= 0.6 is 0 Å². The van der Waals surface area contributed by atoms with Gasteiger partial charge < -0.3 is 20.3 Å². The number of aromatic nitrogens is 2. The summed E-state index contributed by atoms with van der Waals surface area (Å²) < 4.78 is 7.68. The van der Waals surface area contributed by atoms with Crippen molar-refractivity contribution in [1.29, 1.82) is 0 Å². The Morgan fingerprint density at radius 1 is 1.05 bits per heavy atom. The van der Waals surface area contributed by atoms with E-state index in [4.69, 9.17) is 4.74 Å². The van der Waals surface area contributed by atoms with E-state index >= 15 is 0 Å². The smallest absolute Gasteiger partial charge is 0.410 e. The third kappa shape index (κ3) is 5.45. The first kappa shape index (κ1) is 27.0. The molecule has 2 N–H and O–H groups in total. The minimum Gasteiger partial charge on any atom is -0.446 e. The number of piperidine rings is 2. The molecule has 1 aromatic heterocycles. The quantitative estimate of drug-likeness (QED) is 0.512. The SMILES string of the molecule is C=C1CCC(N2C(=O)c3cccc(NCc4cnn(C5CCN(C(=O)OC6CCCCC6)CC5)c4)c3C2=O)C(=O)N1. The summed E-state index contributed by atoms with van der Waals surface area (Å²) in [4.78, 5) is 54.5. The van der Waals surface area contributed by atoms with Gasteiger partial charge in [0.05, 0.1) is 23.4 Å². The number of ether oxygens (including phenoxy) is 1. The highest BCUT2D eigenvalue weighted by Crippen LogP contribution is 2.33. The first-order valence-electron chi connectivity index (χ1n) is 14.6. The predicted octanol–water partition coefficient (Wildman–Crippen LogP) is 3.99. The summed E-state index contributed by atoms with van der Waals surface area (Å²) in [6.45, 7) is 5.46. The molecule has 3 aliphatic heterocycles. The lowest BCUT2D eigenvalue weighted by Crippen LogP contribution is -2.51. The topological polar surface area (TPSA) is 126 Å². The maximum absolute atomic E-state index is 13.4. The number of likely N-dealkylation sites (tertiary alicyclic amines) is 1. The van der Waals surface area contributed by atoms with Crippen molar-refractivity contribution in [3.8, 4) is 0 Å². The molecular weight excluding hydrogens is 524 g/mol. The standard InChI is InChI=1S/C30H36N6O5/c1-19-10-11-25(27(37)33-19)36-28(38)23-8-5-9-24(26(23)29(36)39)31-16-20-17-32-35(18-20)21-12-14-34(15-13-21)30(40)41-22-6-3-2-4-7-22/h5,8-9,17-18,21-22,25,31H,1-4,6-7,10-16H2,(H,33,37). The largest absolute Gasteiger partial charge is 0.446 e. The van der Waals surface area contributed by atoms with Crippen LogP contribution in [0.5, 0.6) is 0 Å². The molecule has 0 bridgehead atoms. The van der Waals surface area contributed by atoms with Crippen LogP contribution in [-0.2, 0) is 16.1 Å². The molecule has 41 heavy (non-hydrogen) atoms. The summed E-state index contributed by atoms with van der Waals surface area (Å²) in [5, 5.41) is 10.5. The van der Waals surface area contributed by atoms with Crippen LogP contribution in [0.25, 0.3) is 0 Å². The zero-order valence-electron chi connectivity index (χ0n) is 23.1. The number of hydrogen-bond donors (Lipinski definition) is 2. The van der Waals surface area contributed by atoms with Gasteiger partial charge in [-0.2, -0.15) is 5.10 Å². The average Bonchev–Trinajstić information content (AvgIpc) is 3.56. The monoisotopic (exact) mass is 560 g/mol. The first-order chi connectivity index (χ1) is 19.9. The molecule has 11 heteroatoms. The Labute approximate surface area is 238 Å². The third-order valence-corrected chi connectivity index (χ3v) is 8.63. The Hall–Kier alpha value is -4.15. The molecular formula is C30H36N6O5. The van der Waals surface area contributed by atoms with Crippen molar-refractivity contribution in [3.05, 3.63) is 59.6 Å². The van der Waals surface area contributed by atoms with Crippen molar-refractivity contribution < 1.29 is 23.9 Å². The molecule has 1 unspecified atom stereocenters. The molecule has 216 valence electrons. The molecule has 1 aromatic carbocycles. The number of rotatable bonds is 6. The second-order valence-electron chi connectivity index (χ2n) is 11.4. The van der Waals surface area contributed by atoms with Crippen LogP contribution in [0.1, 0.15) is 90.1 Å². The van der Waals surface area contributed by atoms with Crippen LogP contribution in [0.3, 0.4) is 0 Å². The van der Waals surface area contributed by atoms with Crippen molar-refractivity contribution in [3.63, 3.8) is 0 Å². The number of nitrogens with one attached hydrogen (secondary N) is 2. The predicted molar refractivity (Wildman–Crippen MR) is 150 cm³/mol. The maximum Gasteiger partial charge on any atom is 0.410 e. The molecule has 4 aliphatic rings. The molecule has 4 heterocycles. The Kier molecular flexibility index (Phi) is 7.51. The van der Waals surface area contributed by atoms with Crippen LogP contribution < -0.4 is 10.6 Å². The molecule has 1 saturated carbocycles. The van der Waals surface area contributed by atoms with Gasteiger partial charge in [-0.3, -0.25) is 24.0 Å². The molecule has 11 nitrogen and oxygen atoms in total. The summed E-state index contributed by atoms with van der Waals surface area (Å²) in [6.07, 6.45) is 11.5. The van der Waals surface area contributed by atoms with Gasteiger partial charge in [0.25, 0.3) is 11.8 Å². The Bertz CT molecular complexity index is 1370. The lowest BCUT2D eigenvalue weighted by Gasteiger charge is -2.33. The van der Waals surface area contributed by atoms with Crippen LogP contribution in [-0.4, -0.2) is 68.6 Å². The van der Waals surface area contributed by atoms with E-state index in [0.717, 1.165) is 49.0 Å². The number of fused-ring (bicyclic) bond motifs is 1. The molecule has 0 spiro atoms. The van der Waals surface area contributed by atoms with Crippen molar-refractivity contribution >= 4 is 29.5 Å². The minimum absolute atomic E-state index is 0.0599. The zero-order chi connectivity index (χ0) is 28.5. The Morgan fingerprint density at radius 2 is 1.83 bits per heavy atom. The van der Waals surface area contributed by atoms with Gasteiger partial charge in [-0.25, -0.2) is 4.79 Å². The van der Waals surface area contributed by atoms with E-state index in [1.54, 1.807) is 24.4 Å². The fraction of sp³-hybridized carbons (Fsp3) is 0.500. The molecule has 0 radical (unpaired) electrons. The summed E-state index contributed by atoms with van der Waals surface area (Å²) >= 11 is 0. The molecule has 1 atom stereocenters. The number of nitrogens with zero attached hydrogens (tertiary/aromatic N) is 4. The van der Waals surface area contributed by atoms with Crippen molar-refractivity contribution in [2.24, 2.45) is 0 Å². The van der Waals surface area contributed by atoms with Gasteiger partial charge in [-0.1, -0.05) is 19.1 Å². The van der Waals surface area contributed by atoms with E-state index in [1.165, 1.54) is 6.42 Å². The minimum atomic E-state index is -0.848. The number of carbonyl (C=O) groups is 4. The first-order valence-corrected chi connectivity index (χ1v) is 14.6. The number of anilines is 1. The van der Waals surface area contributed by atoms with Gasteiger partial charge in [-0.15, -0.1) is 0 Å². The molecule has 6 rings (SSSR count). The third-order valence-electron chi connectivity index (χ3n) is 8.63. The molecule has 3 fully saturated rings. The summed E-state index contributed by atoms with van der Waals surface area (Å²) in [5.74, 6) is -1.31. The number of imide groups is 1. The van der Waals surface area contributed by atoms with Gasteiger partial charge >= 0.3 is 6.09 Å². The second-order valence-corrected chi connectivity index (χ2v) is 11.4. The van der Waals surface area contributed by atoms with Gasteiger partial charge in [0, 0.05) is 42.8 Å². The normalized spacial score (nSPS) is 22.1.